The van der Waals surface area contributed by atoms with E-state index >= 15 is 0 Å². The van der Waals surface area contributed by atoms with Crippen molar-refractivity contribution in [1.82, 2.24) is 20.4 Å². The van der Waals surface area contributed by atoms with Crippen LogP contribution in [0.1, 0.15) is 30.8 Å². The smallest absolute Gasteiger partial charge is 0.258 e. The van der Waals surface area contributed by atoms with E-state index in [1.54, 1.807) is 13.2 Å². The summed E-state index contributed by atoms with van der Waals surface area (Å²) < 4.78 is 24.9. The molecule has 0 saturated carbocycles. The van der Waals surface area contributed by atoms with Gasteiger partial charge in [0.05, 0.1) is 11.6 Å². The van der Waals surface area contributed by atoms with E-state index in [1.165, 1.54) is 12.1 Å². The number of nitrogens with one attached hydrogen (secondary N) is 1. The van der Waals surface area contributed by atoms with E-state index < -0.39 is 6.04 Å². The van der Waals surface area contributed by atoms with Crippen molar-refractivity contribution in [1.29, 1.82) is 0 Å². The van der Waals surface area contributed by atoms with E-state index in [1.807, 2.05) is 48.2 Å². The average Bonchev–Trinajstić information content (AvgIpc) is 3.26. The van der Waals surface area contributed by atoms with Gasteiger partial charge in [-0.15, -0.1) is 0 Å². The standard InChI is InChI=1S/C23H23FN4O2S/c1-15-19(22-26-21(27-30-22)16-8-4-3-5-9-16)20(17-10-6-11-18(24)14-17)25-23(31)28(15)12-7-13-29-2/h3-6,8-11,14,20H,7,12-13H2,1-2H3,(H,25,31). The second kappa shape index (κ2) is 9.36. The van der Waals surface area contributed by atoms with Crippen molar-refractivity contribution in [3.63, 3.8) is 0 Å². The molecule has 0 amide bonds. The van der Waals surface area contributed by atoms with Crippen LogP contribution in [0.5, 0.6) is 0 Å². The lowest BCUT2D eigenvalue weighted by Gasteiger charge is -2.37. The van der Waals surface area contributed by atoms with Gasteiger partial charge in [0.1, 0.15) is 5.82 Å². The van der Waals surface area contributed by atoms with Crippen molar-refractivity contribution >= 4 is 22.9 Å². The van der Waals surface area contributed by atoms with Crippen LogP contribution in [-0.2, 0) is 4.74 Å². The van der Waals surface area contributed by atoms with Crippen LogP contribution in [0.4, 0.5) is 4.39 Å². The number of aromatic nitrogens is 2. The zero-order valence-electron chi connectivity index (χ0n) is 17.3. The number of thiocarbonyl (C=S) groups is 1. The van der Waals surface area contributed by atoms with Gasteiger partial charge in [0.2, 0.25) is 5.82 Å². The summed E-state index contributed by atoms with van der Waals surface area (Å²) in [6, 6.07) is 15.6. The molecular weight excluding hydrogens is 415 g/mol. The van der Waals surface area contributed by atoms with Crippen LogP contribution in [0, 0.1) is 5.82 Å². The summed E-state index contributed by atoms with van der Waals surface area (Å²) in [6.45, 7) is 3.26. The maximum atomic E-state index is 14.0. The molecule has 31 heavy (non-hydrogen) atoms. The van der Waals surface area contributed by atoms with Gasteiger partial charge in [0.15, 0.2) is 5.11 Å². The largest absolute Gasteiger partial charge is 0.385 e. The van der Waals surface area contributed by atoms with Crippen molar-refractivity contribution in [2.45, 2.75) is 19.4 Å². The molecule has 8 heteroatoms. The second-order valence-corrected chi connectivity index (χ2v) is 7.61. The number of hydrogen-bond donors (Lipinski definition) is 1. The normalized spacial score (nSPS) is 16.5. The molecule has 6 nitrogen and oxygen atoms in total. The van der Waals surface area contributed by atoms with Crippen molar-refractivity contribution in [2.75, 3.05) is 20.3 Å². The average molecular weight is 439 g/mol. The van der Waals surface area contributed by atoms with Crippen LogP contribution >= 0.6 is 12.2 Å². The third-order valence-corrected chi connectivity index (χ3v) is 5.54. The number of allylic oxidation sites excluding steroid dienone is 1. The van der Waals surface area contributed by atoms with Crippen LogP contribution < -0.4 is 5.32 Å². The van der Waals surface area contributed by atoms with E-state index in [0.29, 0.717) is 30.0 Å². The zero-order valence-corrected chi connectivity index (χ0v) is 18.2. The lowest BCUT2D eigenvalue weighted by Crippen LogP contribution is -2.46. The van der Waals surface area contributed by atoms with Gasteiger partial charge in [-0.1, -0.05) is 47.6 Å². The molecular formula is C23H23FN4O2S. The highest BCUT2D eigenvalue weighted by molar-refractivity contribution is 7.80. The van der Waals surface area contributed by atoms with Crippen molar-refractivity contribution in [3.8, 4) is 11.4 Å². The Labute approximate surface area is 185 Å². The summed E-state index contributed by atoms with van der Waals surface area (Å²) in [7, 11) is 1.67. The van der Waals surface area contributed by atoms with Gasteiger partial charge in [-0.25, -0.2) is 4.39 Å². The maximum Gasteiger partial charge on any atom is 0.258 e. The van der Waals surface area contributed by atoms with Crippen LogP contribution in [0.15, 0.2) is 64.8 Å². The molecule has 1 unspecified atom stereocenters. The molecule has 4 rings (SSSR count). The second-order valence-electron chi connectivity index (χ2n) is 7.22. The lowest BCUT2D eigenvalue weighted by molar-refractivity contribution is 0.188. The van der Waals surface area contributed by atoms with Crippen LogP contribution in [-0.4, -0.2) is 40.4 Å². The third kappa shape index (κ3) is 4.50. The van der Waals surface area contributed by atoms with Crippen molar-refractivity contribution in [2.24, 2.45) is 0 Å². The molecule has 1 N–H and O–H groups in total. The highest BCUT2D eigenvalue weighted by Crippen LogP contribution is 2.37. The molecule has 0 bridgehead atoms. The van der Waals surface area contributed by atoms with Gasteiger partial charge in [0.25, 0.3) is 5.89 Å². The summed E-state index contributed by atoms with van der Waals surface area (Å²) in [5.74, 6) is 0.547. The molecule has 1 atom stereocenters. The maximum absolute atomic E-state index is 14.0. The summed E-state index contributed by atoms with van der Waals surface area (Å²) in [5, 5.41) is 8.06. The molecule has 0 fully saturated rings. The first-order chi connectivity index (χ1) is 15.1. The molecule has 0 saturated heterocycles. The van der Waals surface area contributed by atoms with Crippen molar-refractivity contribution < 1.29 is 13.7 Å². The van der Waals surface area contributed by atoms with E-state index in [0.717, 1.165) is 28.8 Å². The van der Waals surface area contributed by atoms with Crippen LogP contribution in [0.2, 0.25) is 0 Å². The minimum Gasteiger partial charge on any atom is -0.385 e. The topological polar surface area (TPSA) is 63.4 Å². The first-order valence-corrected chi connectivity index (χ1v) is 10.4. The molecule has 2 heterocycles. The number of halogens is 1. The Morgan fingerprint density at radius 1 is 1.19 bits per heavy atom. The number of benzene rings is 2. The third-order valence-electron chi connectivity index (χ3n) is 5.20. The molecule has 1 aromatic heterocycles. The minimum atomic E-state index is -0.411. The van der Waals surface area contributed by atoms with Crippen LogP contribution in [0.3, 0.4) is 0 Å². The fraction of sp³-hybridized carbons (Fsp3) is 0.261. The summed E-state index contributed by atoms with van der Waals surface area (Å²) in [4.78, 5) is 6.64. The molecule has 160 valence electrons. The molecule has 1 aliphatic heterocycles. The van der Waals surface area contributed by atoms with Crippen molar-refractivity contribution in [3.05, 3.63) is 77.6 Å². The van der Waals surface area contributed by atoms with Crippen LogP contribution in [0.25, 0.3) is 17.0 Å². The quantitative estimate of drug-likeness (QED) is 0.428. The Morgan fingerprint density at radius 3 is 2.74 bits per heavy atom. The first-order valence-electron chi connectivity index (χ1n) is 10.0. The summed E-state index contributed by atoms with van der Waals surface area (Å²) in [5.41, 5.74) is 3.24. The Morgan fingerprint density at radius 2 is 2.00 bits per heavy atom. The molecule has 0 radical (unpaired) electrons. The fourth-order valence-electron chi connectivity index (χ4n) is 3.67. The monoisotopic (exact) mass is 438 g/mol. The molecule has 1 aliphatic rings. The van der Waals surface area contributed by atoms with Gasteiger partial charge in [-0.05, 0) is 43.3 Å². The Bertz CT molecular complexity index is 1100. The predicted molar refractivity (Wildman–Crippen MR) is 120 cm³/mol. The van der Waals surface area contributed by atoms with E-state index in [4.69, 9.17) is 21.5 Å². The Balaban J connectivity index is 1.78. The van der Waals surface area contributed by atoms with E-state index in [9.17, 15) is 4.39 Å². The van der Waals surface area contributed by atoms with E-state index in [2.05, 4.69) is 15.5 Å². The number of rotatable bonds is 7. The van der Waals surface area contributed by atoms with Gasteiger partial charge in [-0.3, -0.25) is 0 Å². The number of hydrogen-bond acceptors (Lipinski definition) is 5. The summed E-state index contributed by atoms with van der Waals surface area (Å²) >= 11 is 5.63. The fourth-order valence-corrected chi connectivity index (χ4v) is 4.01. The Kier molecular flexibility index (Phi) is 6.39. The molecule has 0 spiro atoms. The molecule has 3 aromatic rings. The zero-order chi connectivity index (χ0) is 21.8. The van der Waals surface area contributed by atoms with E-state index in [-0.39, 0.29) is 5.82 Å². The number of methoxy groups -OCH3 is 1. The van der Waals surface area contributed by atoms with Gasteiger partial charge in [-0.2, -0.15) is 4.98 Å². The lowest BCUT2D eigenvalue weighted by atomic mass is 9.94. The molecule has 0 aliphatic carbocycles. The van der Waals surface area contributed by atoms with Gasteiger partial charge >= 0.3 is 0 Å². The number of nitrogens with zero attached hydrogens (tertiary/aromatic N) is 3. The SMILES string of the molecule is COCCCN1C(=S)NC(c2cccc(F)c2)C(c2nc(-c3ccccc3)no2)=C1C. The number of ether oxygens (including phenoxy) is 1. The highest BCUT2D eigenvalue weighted by atomic mass is 32.1. The summed E-state index contributed by atoms with van der Waals surface area (Å²) in [6.07, 6.45) is 0.798. The Hall–Kier alpha value is -3.10. The molecule has 2 aromatic carbocycles. The van der Waals surface area contributed by atoms with Gasteiger partial charge in [0, 0.05) is 31.5 Å². The highest BCUT2D eigenvalue weighted by Gasteiger charge is 2.34. The minimum absolute atomic E-state index is 0.319. The first kappa shape index (κ1) is 21.1. The van der Waals surface area contributed by atoms with Gasteiger partial charge < -0.3 is 19.5 Å². The predicted octanol–water partition coefficient (Wildman–Crippen LogP) is 4.57.